The van der Waals surface area contributed by atoms with E-state index in [0.29, 0.717) is 0 Å². The van der Waals surface area contributed by atoms with E-state index < -0.39 is 24.6 Å². The third-order valence-electron chi connectivity index (χ3n) is 2.97. The zero-order chi connectivity index (χ0) is 15.6. The Balaban J connectivity index is 1.92. The number of piperazine rings is 1. The lowest BCUT2D eigenvalue weighted by molar-refractivity contribution is -0.148. The number of rotatable bonds is 3. The van der Waals surface area contributed by atoms with Crippen molar-refractivity contribution < 1.29 is 27.9 Å². The number of carboxylic acids is 1. The molecule has 0 saturated carbocycles. The van der Waals surface area contributed by atoms with Crippen molar-refractivity contribution in [3.8, 4) is 0 Å². The van der Waals surface area contributed by atoms with Crippen LogP contribution in [0.25, 0.3) is 0 Å². The van der Waals surface area contributed by atoms with Gasteiger partial charge in [-0.25, -0.2) is 9.78 Å². The lowest BCUT2D eigenvalue weighted by Crippen LogP contribution is -2.50. The Bertz CT molecular complexity index is 538. The minimum atomic E-state index is -4.25. The van der Waals surface area contributed by atoms with Crippen molar-refractivity contribution in [2.75, 3.05) is 32.7 Å². The summed E-state index contributed by atoms with van der Waals surface area (Å²) in [5.41, 5.74) is -0.209. The molecule has 0 aromatic carbocycles. The van der Waals surface area contributed by atoms with Crippen LogP contribution in [-0.4, -0.2) is 70.7 Å². The normalized spacial score (nSPS) is 17.0. The lowest BCUT2D eigenvalue weighted by Gasteiger charge is -2.34. The molecule has 0 spiro atoms. The molecule has 6 nitrogen and oxygen atoms in total. The van der Waals surface area contributed by atoms with Gasteiger partial charge < -0.3 is 10.0 Å². The summed E-state index contributed by atoms with van der Waals surface area (Å²) in [4.78, 5) is 29.1. The molecule has 10 heteroatoms. The molecule has 21 heavy (non-hydrogen) atoms. The molecule has 1 aliphatic heterocycles. The predicted molar refractivity (Wildman–Crippen MR) is 67.5 cm³/mol. The number of amides is 1. The Morgan fingerprint density at radius 3 is 2.38 bits per heavy atom. The molecule has 0 unspecified atom stereocenters. The van der Waals surface area contributed by atoms with Crippen LogP contribution in [0, 0.1) is 0 Å². The van der Waals surface area contributed by atoms with Gasteiger partial charge in [0.2, 0.25) is 0 Å². The Labute approximate surface area is 121 Å². The second-order valence-electron chi connectivity index (χ2n) is 4.53. The van der Waals surface area contributed by atoms with Crippen LogP contribution in [0.2, 0.25) is 0 Å². The fraction of sp³-hybridized carbons (Fsp3) is 0.545. The molecule has 0 bridgehead atoms. The minimum Gasteiger partial charge on any atom is -0.476 e. The van der Waals surface area contributed by atoms with Crippen molar-refractivity contribution in [2.45, 2.75) is 6.18 Å². The molecule has 1 N–H and O–H groups in total. The first-order valence-corrected chi connectivity index (χ1v) is 6.91. The van der Waals surface area contributed by atoms with E-state index in [1.165, 1.54) is 15.2 Å². The van der Waals surface area contributed by atoms with E-state index in [9.17, 15) is 22.8 Å². The highest BCUT2D eigenvalue weighted by Gasteiger charge is 2.33. The van der Waals surface area contributed by atoms with E-state index in [1.54, 1.807) is 0 Å². The van der Waals surface area contributed by atoms with Crippen LogP contribution >= 0.6 is 11.3 Å². The highest BCUT2D eigenvalue weighted by Crippen LogP contribution is 2.19. The molecule has 1 fully saturated rings. The predicted octanol–water partition coefficient (Wildman–Crippen LogP) is 1.16. The van der Waals surface area contributed by atoms with Crippen LogP contribution in [0.15, 0.2) is 5.38 Å². The average Bonchev–Trinajstić information content (AvgIpc) is 2.86. The molecule has 1 aliphatic rings. The van der Waals surface area contributed by atoms with Gasteiger partial charge in [-0.05, 0) is 0 Å². The van der Waals surface area contributed by atoms with E-state index in [-0.39, 0.29) is 36.9 Å². The SMILES string of the molecule is O=C(O)c1csc(C(=O)N2CCN(CC(F)(F)F)CC2)n1. The van der Waals surface area contributed by atoms with Crippen molar-refractivity contribution >= 4 is 23.2 Å². The molecule has 1 amide bonds. The molecule has 0 radical (unpaired) electrons. The van der Waals surface area contributed by atoms with Gasteiger partial charge in [-0.1, -0.05) is 0 Å². The van der Waals surface area contributed by atoms with E-state index in [4.69, 9.17) is 5.11 Å². The Morgan fingerprint density at radius 2 is 1.90 bits per heavy atom. The van der Waals surface area contributed by atoms with Crippen LogP contribution in [0.4, 0.5) is 13.2 Å². The van der Waals surface area contributed by atoms with Gasteiger partial charge in [0.1, 0.15) is 0 Å². The number of alkyl halides is 3. The number of halogens is 3. The number of nitrogens with zero attached hydrogens (tertiary/aromatic N) is 3. The Kier molecular flexibility index (Phi) is 4.47. The number of hydrogen-bond donors (Lipinski definition) is 1. The third kappa shape index (κ3) is 4.14. The van der Waals surface area contributed by atoms with Crippen molar-refractivity contribution in [1.82, 2.24) is 14.8 Å². The van der Waals surface area contributed by atoms with E-state index in [0.717, 1.165) is 11.3 Å². The van der Waals surface area contributed by atoms with Gasteiger partial charge in [-0.15, -0.1) is 11.3 Å². The fourth-order valence-corrected chi connectivity index (χ4v) is 2.73. The second-order valence-corrected chi connectivity index (χ2v) is 5.38. The van der Waals surface area contributed by atoms with Gasteiger partial charge >= 0.3 is 12.1 Å². The zero-order valence-electron chi connectivity index (χ0n) is 10.8. The summed E-state index contributed by atoms with van der Waals surface area (Å²) >= 11 is 0.914. The standard InChI is InChI=1S/C11H12F3N3O3S/c12-11(13,14)6-16-1-3-17(4-2-16)9(18)8-15-7(5-21-8)10(19)20/h5H,1-4,6H2,(H,19,20). The van der Waals surface area contributed by atoms with Crippen molar-refractivity contribution in [3.63, 3.8) is 0 Å². The Hall–Kier alpha value is -1.68. The number of aromatic carboxylic acids is 1. The van der Waals surface area contributed by atoms with Crippen molar-refractivity contribution in [1.29, 1.82) is 0 Å². The average molecular weight is 323 g/mol. The topological polar surface area (TPSA) is 73.7 Å². The van der Waals surface area contributed by atoms with Crippen LogP contribution in [0.5, 0.6) is 0 Å². The molecule has 1 saturated heterocycles. The van der Waals surface area contributed by atoms with E-state index in [1.807, 2.05) is 0 Å². The number of aromatic nitrogens is 1. The van der Waals surface area contributed by atoms with Crippen molar-refractivity contribution in [3.05, 3.63) is 16.1 Å². The Morgan fingerprint density at radius 1 is 1.29 bits per heavy atom. The van der Waals surface area contributed by atoms with Gasteiger partial charge in [0.25, 0.3) is 5.91 Å². The summed E-state index contributed by atoms with van der Waals surface area (Å²) in [5, 5.41) is 10.0. The van der Waals surface area contributed by atoms with Crippen LogP contribution < -0.4 is 0 Å². The molecule has 1 aromatic heterocycles. The summed E-state index contributed by atoms with van der Waals surface area (Å²) < 4.78 is 36.8. The summed E-state index contributed by atoms with van der Waals surface area (Å²) in [6.45, 7) is -0.409. The van der Waals surface area contributed by atoms with Gasteiger partial charge in [0, 0.05) is 31.6 Å². The summed E-state index contributed by atoms with van der Waals surface area (Å²) in [7, 11) is 0. The summed E-state index contributed by atoms with van der Waals surface area (Å²) in [6, 6.07) is 0. The number of thiazole rings is 1. The van der Waals surface area contributed by atoms with Crippen molar-refractivity contribution in [2.24, 2.45) is 0 Å². The monoisotopic (exact) mass is 323 g/mol. The van der Waals surface area contributed by atoms with Gasteiger partial charge in [0.15, 0.2) is 10.7 Å². The number of carbonyl (C=O) groups excluding carboxylic acids is 1. The largest absolute Gasteiger partial charge is 0.476 e. The van der Waals surface area contributed by atoms with Gasteiger partial charge in [-0.3, -0.25) is 9.69 Å². The van der Waals surface area contributed by atoms with E-state index >= 15 is 0 Å². The molecule has 2 rings (SSSR count). The summed E-state index contributed by atoms with van der Waals surface area (Å²) in [6.07, 6.45) is -4.25. The van der Waals surface area contributed by atoms with Gasteiger partial charge in [-0.2, -0.15) is 13.2 Å². The molecule has 0 aliphatic carbocycles. The zero-order valence-corrected chi connectivity index (χ0v) is 11.6. The van der Waals surface area contributed by atoms with Crippen LogP contribution in [0.1, 0.15) is 20.3 Å². The molecule has 2 heterocycles. The van der Waals surface area contributed by atoms with Gasteiger partial charge in [0.05, 0.1) is 6.54 Å². The molecular formula is C11H12F3N3O3S. The molecular weight excluding hydrogens is 311 g/mol. The lowest BCUT2D eigenvalue weighted by atomic mass is 10.3. The first kappa shape index (κ1) is 15.7. The van der Waals surface area contributed by atoms with E-state index in [2.05, 4.69) is 4.98 Å². The quantitative estimate of drug-likeness (QED) is 0.904. The third-order valence-corrected chi connectivity index (χ3v) is 3.80. The van der Waals surface area contributed by atoms with Crippen LogP contribution in [-0.2, 0) is 0 Å². The molecule has 116 valence electrons. The number of carbonyl (C=O) groups is 2. The smallest absolute Gasteiger partial charge is 0.401 e. The first-order chi connectivity index (χ1) is 9.76. The minimum absolute atomic E-state index is 0.0386. The molecule has 0 atom stereocenters. The highest BCUT2D eigenvalue weighted by atomic mass is 32.1. The summed E-state index contributed by atoms with van der Waals surface area (Å²) in [5.74, 6) is -1.67. The number of carboxylic acid groups (broad SMARTS) is 1. The number of hydrogen-bond acceptors (Lipinski definition) is 5. The fourth-order valence-electron chi connectivity index (χ4n) is 1.97. The maximum atomic E-state index is 12.3. The maximum absolute atomic E-state index is 12.3. The highest BCUT2D eigenvalue weighted by molar-refractivity contribution is 7.11. The first-order valence-electron chi connectivity index (χ1n) is 6.03. The maximum Gasteiger partial charge on any atom is 0.401 e. The molecule has 1 aromatic rings. The second kappa shape index (κ2) is 5.98. The van der Waals surface area contributed by atoms with Crippen LogP contribution in [0.3, 0.4) is 0 Å².